The van der Waals surface area contributed by atoms with Gasteiger partial charge >= 0.3 is 5.97 Å². The molecule has 27 heavy (non-hydrogen) atoms. The van der Waals surface area contributed by atoms with Crippen LogP contribution in [-0.2, 0) is 6.42 Å². The number of H-pyrrole nitrogens is 1. The number of amides is 1. The molecular weight excluding hydrogens is 390 g/mol. The molecule has 1 fully saturated rings. The van der Waals surface area contributed by atoms with E-state index in [1.54, 1.807) is 18.9 Å². The Morgan fingerprint density at radius 2 is 2.04 bits per heavy atom. The van der Waals surface area contributed by atoms with E-state index in [0.717, 1.165) is 23.7 Å². The number of carboxylic acid groups (broad SMARTS) is 1. The number of carboxylic acids is 1. The number of carbonyl (C=O) groups excluding carboxylic acids is 1. The van der Waals surface area contributed by atoms with Gasteiger partial charge in [-0.25, -0.2) is 14.8 Å². The van der Waals surface area contributed by atoms with Crippen molar-refractivity contribution >= 4 is 39.9 Å². The van der Waals surface area contributed by atoms with Crippen LogP contribution < -0.4 is 4.90 Å². The highest BCUT2D eigenvalue weighted by atomic mass is 35.5. The van der Waals surface area contributed by atoms with Gasteiger partial charge in [-0.2, -0.15) is 0 Å². The van der Waals surface area contributed by atoms with Gasteiger partial charge in [0.1, 0.15) is 4.88 Å². The zero-order chi connectivity index (χ0) is 19.7. The third-order valence-corrected chi connectivity index (χ3v) is 6.39. The standard InChI is InChI=1S/C17H22ClN5O3S/c1-4-11-13(18)21-14(20-11)15(24)22(3)10-5-7-23(8-6-10)17-19-9(2)12(27-17)16(25)26/h10H,4-8H2,1-3H3,(H,20,21)(H,25,26). The van der Waals surface area contributed by atoms with E-state index < -0.39 is 5.97 Å². The molecule has 0 saturated carbocycles. The molecule has 1 aliphatic heterocycles. The highest BCUT2D eigenvalue weighted by molar-refractivity contribution is 7.17. The molecule has 3 rings (SSSR count). The minimum absolute atomic E-state index is 0.0858. The number of anilines is 1. The van der Waals surface area contributed by atoms with Gasteiger partial charge in [0.15, 0.2) is 16.1 Å². The number of aryl methyl sites for hydroxylation is 2. The third kappa shape index (κ3) is 3.93. The number of hydrogen-bond acceptors (Lipinski definition) is 6. The average molecular weight is 412 g/mol. The largest absolute Gasteiger partial charge is 0.477 e. The Balaban J connectivity index is 1.63. The maximum Gasteiger partial charge on any atom is 0.347 e. The predicted molar refractivity (Wildman–Crippen MR) is 104 cm³/mol. The second-order valence-electron chi connectivity index (χ2n) is 6.56. The van der Waals surface area contributed by atoms with Crippen molar-refractivity contribution in [3.8, 4) is 0 Å². The number of nitrogens with one attached hydrogen (secondary N) is 1. The van der Waals surface area contributed by atoms with E-state index in [1.807, 2.05) is 6.92 Å². The number of aromatic amines is 1. The Labute approximate surface area is 166 Å². The number of aromatic nitrogens is 3. The fraction of sp³-hybridized carbons (Fsp3) is 0.529. The Morgan fingerprint density at radius 1 is 1.37 bits per heavy atom. The van der Waals surface area contributed by atoms with Gasteiger partial charge in [-0.05, 0) is 26.2 Å². The molecule has 0 atom stereocenters. The van der Waals surface area contributed by atoms with Gasteiger partial charge in [-0.1, -0.05) is 29.9 Å². The third-order valence-electron chi connectivity index (χ3n) is 4.87. The maximum atomic E-state index is 12.7. The summed E-state index contributed by atoms with van der Waals surface area (Å²) < 4.78 is 0. The van der Waals surface area contributed by atoms with Gasteiger partial charge in [0, 0.05) is 26.2 Å². The molecule has 0 bridgehead atoms. The smallest absolute Gasteiger partial charge is 0.347 e. The van der Waals surface area contributed by atoms with E-state index in [0.29, 0.717) is 30.4 Å². The quantitative estimate of drug-likeness (QED) is 0.784. The predicted octanol–water partition coefficient (Wildman–Crippen LogP) is 2.83. The summed E-state index contributed by atoms with van der Waals surface area (Å²) in [5.41, 5.74) is 1.30. The van der Waals surface area contributed by atoms with E-state index >= 15 is 0 Å². The lowest BCUT2D eigenvalue weighted by Gasteiger charge is -2.36. The number of piperidine rings is 1. The van der Waals surface area contributed by atoms with Crippen LogP contribution in [0.25, 0.3) is 0 Å². The summed E-state index contributed by atoms with van der Waals surface area (Å²) in [5.74, 6) is -0.850. The van der Waals surface area contributed by atoms with Crippen LogP contribution in [0.15, 0.2) is 0 Å². The van der Waals surface area contributed by atoms with Gasteiger partial charge in [0.2, 0.25) is 0 Å². The number of thiazole rings is 1. The van der Waals surface area contributed by atoms with E-state index in [-0.39, 0.29) is 22.7 Å². The lowest BCUT2D eigenvalue weighted by Crippen LogP contribution is -2.46. The fourth-order valence-electron chi connectivity index (χ4n) is 3.22. The summed E-state index contributed by atoms with van der Waals surface area (Å²) in [4.78, 5) is 39.5. The SMILES string of the molecule is CCc1[nH]c(C(=O)N(C)C2CCN(c3nc(C)c(C(=O)O)s3)CC2)nc1Cl. The molecule has 10 heteroatoms. The second-order valence-corrected chi connectivity index (χ2v) is 7.89. The average Bonchev–Trinajstić information content (AvgIpc) is 3.23. The molecule has 1 aliphatic rings. The van der Waals surface area contributed by atoms with Crippen LogP contribution >= 0.6 is 22.9 Å². The second kappa shape index (κ2) is 7.85. The Hall–Kier alpha value is -2.13. The summed E-state index contributed by atoms with van der Waals surface area (Å²) in [6.07, 6.45) is 2.24. The Kier molecular flexibility index (Phi) is 5.71. The molecule has 1 saturated heterocycles. The first kappa shape index (κ1) is 19.6. The monoisotopic (exact) mass is 411 g/mol. The van der Waals surface area contributed by atoms with Crippen LogP contribution in [0.2, 0.25) is 5.15 Å². The first-order chi connectivity index (χ1) is 12.8. The minimum Gasteiger partial charge on any atom is -0.477 e. The minimum atomic E-state index is -0.944. The first-order valence-corrected chi connectivity index (χ1v) is 9.98. The van der Waals surface area contributed by atoms with E-state index in [1.165, 1.54) is 11.3 Å². The van der Waals surface area contributed by atoms with Crippen LogP contribution in [0, 0.1) is 6.92 Å². The molecular formula is C17H22ClN5O3S. The Morgan fingerprint density at radius 3 is 2.56 bits per heavy atom. The number of imidazole rings is 1. The topological polar surface area (TPSA) is 102 Å². The molecule has 146 valence electrons. The molecule has 0 spiro atoms. The van der Waals surface area contributed by atoms with Crippen molar-refractivity contribution in [3.05, 3.63) is 27.2 Å². The zero-order valence-corrected chi connectivity index (χ0v) is 17.0. The van der Waals surface area contributed by atoms with Crippen LogP contribution in [0.4, 0.5) is 5.13 Å². The molecule has 3 heterocycles. The van der Waals surface area contributed by atoms with Crippen LogP contribution in [0.3, 0.4) is 0 Å². The molecule has 2 aromatic heterocycles. The van der Waals surface area contributed by atoms with Crippen LogP contribution in [0.5, 0.6) is 0 Å². The fourth-order valence-corrected chi connectivity index (χ4v) is 4.44. The first-order valence-electron chi connectivity index (χ1n) is 8.79. The lowest BCUT2D eigenvalue weighted by molar-refractivity contribution is 0.0690. The maximum absolute atomic E-state index is 12.7. The molecule has 8 nitrogen and oxygen atoms in total. The van der Waals surface area contributed by atoms with Gasteiger partial charge in [0.25, 0.3) is 5.91 Å². The number of rotatable bonds is 5. The van der Waals surface area contributed by atoms with Crippen LogP contribution in [0.1, 0.15) is 51.4 Å². The van der Waals surface area contributed by atoms with E-state index in [4.69, 9.17) is 11.6 Å². The van der Waals surface area contributed by atoms with Crippen LogP contribution in [-0.4, -0.2) is 63.0 Å². The highest BCUT2D eigenvalue weighted by Gasteiger charge is 2.29. The number of hydrogen-bond donors (Lipinski definition) is 2. The number of halogens is 1. The van der Waals surface area contributed by atoms with Crippen molar-refractivity contribution < 1.29 is 14.7 Å². The summed E-state index contributed by atoms with van der Waals surface area (Å²) in [5, 5.41) is 10.3. The van der Waals surface area contributed by atoms with Crippen molar-refractivity contribution in [2.75, 3.05) is 25.0 Å². The van der Waals surface area contributed by atoms with Crippen molar-refractivity contribution in [3.63, 3.8) is 0 Å². The molecule has 0 unspecified atom stereocenters. The molecule has 2 aromatic rings. The Bertz CT molecular complexity index is 857. The molecule has 2 N–H and O–H groups in total. The summed E-state index contributed by atoms with van der Waals surface area (Å²) in [7, 11) is 1.78. The summed E-state index contributed by atoms with van der Waals surface area (Å²) in [6.45, 7) is 5.09. The molecule has 0 aromatic carbocycles. The molecule has 0 radical (unpaired) electrons. The van der Waals surface area contributed by atoms with Crippen molar-refractivity contribution in [1.29, 1.82) is 0 Å². The summed E-state index contributed by atoms with van der Waals surface area (Å²) in [6, 6.07) is 0.0858. The van der Waals surface area contributed by atoms with Gasteiger partial charge < -0.3 is 19.9 Å². The highest BCUT2D eigenvalue weighted by Crippen LogP contribution is 2.29. The molecule has 0 aliphatic carbocycles. The number of nitrogens with zero attached hydrogens (tertiary/aromatic N) is 4. The van der Waals surface area contributed by atoms with Crippen molar-refractivity contribution in [2.45, 2.75) is 39.2 Å². The van der Waals surface area contributed by atoms with Crippen molar-refractivity contribution in [2.24, 2.45) is 0 Å². The van der Waals surface area contributed by atoms with Gasteiger partial charge in [-0.15, -0.1) is 0 Å². The normalized spacial score (nSPS) is 15.2. The number of carbonyl (C=O) groups is 2. The lowest BCUT2D eigenvalue weighted by atomic mass is 10.0. The molecule has 1 amide bonds. The van der Waals surface area contributed by atoms with Gasteiger partial charge in [-0.3, -0.25) is 4.79 Å². The zero-order valence-electron chi connectivity index (χ0n) is 15.5. The van der Waals surface area contributed by atoms with E-state index in [9.17, 15) is 14.7 Å². The van der Waals surface area contributed by atoms with E-state index in [2.05, 4.69) is 19.9 Å². The number of aromatic carboxylic acids is 1. The summed E-state index contributed by atoms with van der Waals surface area (Å²) >= 11 is 7.24. The van der Waals surface area contributed by atoms with Crippen molar-refractivity contribution in [1.82, 2.24) is 19.9 Å². The van der Waals surface area contributed by atoms with Gasteiger partial charge in [0.05, 0.1) is 11.4 Å².